The highest BCUT2D eigenvalue weighted by molar-refractivity contribution is 9.10. The minimum absolute atomic E-state index is 0.0634. The van der Waals surface area contributed by atoms with E-state index in [1.807, 2.05) is 49.4 Å². The van der Waals surface area contributed by atoms with E-state index < -0.39 is 12.0 Å². The van der Waals surface area contributed by atoms with Crippen molar-refractivity contribution in [2.24, 2.45) is 0 Å². The van der Waals surface area contributed by atoms with Crippen LogP contribution in [0.15, 0.2) is 59.1 Å². The number of rotatable bonds is 6. The molecule has 5 nitrogen and oxygen atoms in total. The van der Waals surface area contributed by atoms with E-state index in [9.17, 15) is 9.59 Å². The number of hydrogen-bond acceptors (Lipinski definition) is 3. The first-order chi connectivity index (χ1) is 12.0. The molecule has 0 aromatic heterocycles. The summed E-state index contributed by atoms with van der Waals surface area (Å²) in [6.45, 7) is 3.59. The number of hydrogen-bond donors (Lipinski definition) is 2. The van der Waals surface area contributed by atoms with Gasteiger partial charge < -0.3 is 4.74 Å². The first-order valence-corrected chi connectivity index (χ1v) is 8.81. The Morgan fingerprint density at radius 1 is 1.04 bits per heavy atom. The number of amides is 2. The van der Waals surface area contributed by atoms with Gasteiger partial charge in [0.1, 0.15) is 5.75 Å². The molecule has 0 aliphatic carbocycles. The zero-order chi connectivity index (χ0) is 18.2. The second kappa shape index (κ2) is 9.22. The molecule has 132 valence electrons. The van der Waals surface area contributed by atoms with Gasteiger partial charge in [0.15, 0.2) is 6.10 Å². The summed E-state index contributed by atoms with van der Waals surface area (Å²) in [7, 11) is 0. The van der Waals surface area contributed by atoms with Crippen LogP contribution in [-0.4, -0.2) is 17.9 Å². The molecule has 0 saturated heterocycles. The summed E-state index contributed by atoms with van der Waals surface area (Å²) < 4.78 is 6.41. The van der Waals surface area contributed by atoms with Crippen LogP contribution in [0.5, 0.6) is 5.75 Å². The summed E-state index contributed by atoms with van der Waals surface area (Å²) in [6.07, 6.45) is -0.452. The quantitative estimate of drug-likeness (QED) is 0.723. The van der Waals surface area contributed by atoms with E-state index in [-0.39, 0.29) is 18.2 Å². The number of carbonyl (C=O) groups is 2. The Hall–Kier alpha value is -2.34. The van der Waals surface area contributed by atoms with E-state index >= 15 is 0 Å². The molecule has 2 atom stereocenters. The summed E-state index contributed by atoms with van der Waals surface area (Å²) >= 11 is 3.34. The van der Waals surface area contributed by atoms with Gasteiger partial charge in [-0.2, -0.15) is 0 Å². The van der Waals surface area contributed by atoms with Crippen molar-refractivity contribution in [3.63, 3.8) is 0 Å². The van der Waals surface area contributed by atoms with Crippen molar-refractivity contribution in [1.29, 1.82) is 0 Å². The van der Waals surface area contributed by atoms with Gasteiger partial charge in [0.25, 0.3) is 5.91 Å². The normalized spacial score (nSPS) is 12.8. The predicted molar refractivity (Wildman–Crippen MR) is 100.0 cm³/mol. The zero-order valence-electron chi connectivity index (χ0n) is 14.2. The van der Waals surface area contributed by atoms with Crippen molar-refractivity contribution in [3.05, 3.63) is 64.6 Å². The lowest BCUT2D eigenvalue weighted by molar-refractivity contribution is -0.132. The molecule has 25 heavy (non-hydrogen) atoms. The lowest BCUT2D eigenvalue weighted by Gasteiger charge is -2.16. The van der Waals surface area contributed by atoms with Crippen LogP contribution in [-0.2, 0) is 9.59 Å². The van der Waals surface area contributed by atoms with E-state index in [0.29, 0.717) is 5.75 Å². The molecule has 2 N–H and O–H groups in total. The molecule has 0 radical (unpaired) electrons. The molecule has 0 unspecified atom stereocenters. The molecule has 0 fully saturated rings. The maximum absolute atomic E-state index is 12.0. The summed E-state index contributed by atoms with van der Waals surface area (Å²) in [5.41, 5.74) is 5.91. The number of benzene rings is 2. The zero-order valence-corrected chi connectivity index (χ0v) is 15.7. The van der Waals surface area contributed by atoms with E-state index in [4.69, 9.17) is 4.74 Å². The Bertz CT molecular complexity index is 722. The first kappa shape index (κ1) is 19.0. The molecular formula is C19H21BrN2O3. The van der Waals surface area contributed by atoms with Crippen LogP contribution in [0.1, 0.15) is 31.7 Å². The fraction of sp³-hybridized carbons (Fsp3) is 0.263. The van der Waals surface area contributed by atoms with Crippen LogP contribution >= 0.6 is 15.9 Å². The summed E-state index contributed by atoms with van der Waals surface area (Å²) in [4.78, 5) is 24.0. The molecule has 0 aliphatic rings. The number of nitrogens with one attached hydrogen (secondary N) is 2. The average Bonchev–Trinajstić information content (AvgIpc) is 2.60. The number of ether oxygens (including phenoxy) is 1. The maximum Gasteiger partial charge on any atom is 0.279 e. The van der Waals surface area contributed by atoms with Crippen molar-refractivity contribution < 1.29 is 14.3 Å². The molecule has 2 amide bonds. The molecule has 0 aliphatic heterocycles. The van der Waals surface area contributed by atoms with Gasteiger partial charge in [-0.15, -0.1) is 0 Å². The van der Waals surface area contributed by atoms with Gasteiger partial charge in [0, 0.05) is 10.9 Å². The fourth-order valence-corrected chi connectivity index (χ4v) is 2.64. The minimum atomic E-state index is -0.735. The Balaban J connectivity index is 1.77. The molecule has 6 heteroatoms. The number of carbonyl (C=O) groups excluding carboxylic acids is 2. The number of hydrazine groups is 1. The van der Waals surface area contributed by atoms with Crippen molar-refractivity contribution in [2.45, 2.75) is 32.3 Å². The van der Waals surface area contributed by atoms with Gasteiger partial charge in [-0.1, -0.05) is 59.3 Å². The third-order valence-electron chi connectivity index (χ3n) is 3.66. The monoisotopic (exact) mass is 404 g/mol. The molecule has 0 heterocycles. The molecule has 0 spiro atoms. The van der Waals surface area contributed by atoms with E-state index in [1.165, 1.54) is 0 Å². The van der Waals surface area contributed by atoms with Crippen molar-refractivity contribution in [3.8, 4) is 5.75 Å². The third kappa shape index (κ3) is 6.23. The van der Waals surface area contributed by atoms with Crippen LogP contribution in [0.2, 0.25) is 0 Å². The van der Waals surface area contributed by atoms with Crippen molar-refractivity contribution in [1.82, 2.24) is 10.9 Å². The van der Waals surface area contributed by atoms with E-state index in [0.717, 1.165) is 10.0 Å². The SMILES string of the molecule is C[C@H](Oc1cccc(Br)c1)C(=O)NNC(=O)C[C@H](C)c1ccccc1. The largest absolute Gasteiger partial charge is 0.481 e. The molecule has 2 rings (SSSR count). The highest BCUT2D eigenvalue weighted by atomic mass is 79.9. The van der Waals surface area contributed by atoms with Crippen molar-refractivity contribution in [2.75, 3.05) is 0 Å². The molecule has 2 aromatic rings. The summed E-state index contributed by atoms with van der Waals surface area (Å²) in [5.74, 6) is -0.0328. The van der Waals surface area contributed by atoms with Gasteiger partial charge in [0.2, 0.25) is 5.91 Å². The minimum Gasteiger partial charge on any atom is -0.481 e. The Labute approximate surface area is 155 Å². The molecule has 0 bridgehead atoms. The standard InChI is InChI=1S/C19H21BrN2O3/c1-13(15-7-4-3-5-8-15)11-18(23)21-22-19(24)14(2)25-17-10-6-9-16(20)12-17/h3-10,12-14H,11H2,1-2H3,(H,21,23)(H,22,24)/t13-,14-/m0/s1. The Kier molecular flexibility index (Phi) is 7.01. The van der Waals surface area contributed by atoms with Gasteiger partial charge >= 0.3 is 0 Å². The van der Waals surface area contributed by atoms with Crippen LogP contribution in [0, 0.1) is 0 Å². The Morgan fingerprint density at radius 2 is 1.76 bits per heavy atom. The van der Waals surface area contributed by atoms with Crippen LogP contribution in [0.25, 0.3) is 0 Å². The Morgan fingerprint density at radius 3 is 2.44 bits per heavy atom. The van der Waals surface area contributed by atoms with E-state index in [1.54, 1.807) is 19.1 Å². The second-order valence-electron chi connectivity index (χ2n) is 5.77. The molecule has 2 aromatic carbocycles. The lowest BCUT2D eigenvalue weighted by atomic mass is 9.98. The maximum atomic E-state index is 12.0. The first-order valence-electron chi connectivity index (χ1n) is 8.01. The highest BCUT2D eigenvalue weighted by Gasteiger charge is 2.16. The van der Waals surface area contributed by atoms with E-state index in [2.05, 4.69) is 26.8 Å². The fourth-order valence-electron chi connectivity index (χ4n) is 2.26. The summed E-state index contributed by atoms with van der Waals surface area (Å²) in [5, 5.41) is 0. The average molecular weight is 405 g/mol. The van der Waals surface area contributed by atoms with Crippen LogP contribution < -0.4 is 15.6 Å². The van der Waals surface area contributed by atoms with Crippen LogP contribution in [0.3, 0.4) is 0 Å². The van der Waals surface area contributed by atoms with Crippen LogP contribution in [0.4, 0.5) is 0 Å². The second-order valence-corrected chi connectivity index (χ2v) is 6.69. The smallest absolute Gasteiger partial charge is 0.279 e. The number of halogens is 1. The van der Waals surface area contributed by atoms with Gasteiger partial charge in [0.05, 0.1) is 0 Å². The van der Waals surface area contributed by atoms with Gasteiger partial charge in [-0.3, -0.25) is 20.4 Å². The molecule has 0 saturated carbocycles. The van der Waals surface area contributed by atoms with Crippen molar-refractivity contribution >= 4 is 27.7 Å². The van der Waals surface area contributed by atoms with Gasteiger partial charge in [-0.05, 0) is 36.6 Å². The molecular weight excluding hydrogens is 384 g/mol. The topological polar surface area (TPSA) is 67.4 Å². The van der Waals surface area contributed by atoms with Gasteiger partial charge in [-0.25, -0.2) is 0 Å². The summed E-state index contributed by atoms with van der Waals surface area (Å²) in [6, 6.07) is 17.0. The highest BCUT2D eigenvalue weighted by Crippen LogP contribution is 2.19. The predicted octanol–water partition coefficient (Wildman–Crippen LogP) is 3.56. The lowest BCUT2D eigenvalue weighted by Crippen LogP contribution is -2.47. The third-order valence-corrected chi connectivity index (χ3v) is 4.16.